The second-order valence-electron chi connectivity index (χ2n) is 7.01. The van der Waals surface area contributed by atoms with Crippen molar-refractivity contribution in [2.75, 3.05) is 13.1 Å². The molecule has 0 spiro atoms. The van der Waals surface area contributed by atoms with Gasteiger partial charge in [0, 0.05) is 31.0 Å². The average molecular weight is 363 g/mol. The summed E-state index contributed by atoms with van der Waals surface area (Å²) in [6.45, 7) is 1.16. The van der Waals surface area contributed by atoms with E-state index >= 15 is 0 Å². The molecule has 0 N–H and O–H groups in total. The normalized spacial score (nSPS) is 17.2. The third kappa shape index (κ3) is 3.89. The number of hydrogen-bond acceptors (Lipinski definition) is 5. The number of amides is 1. The summed E-state index contributed by atoms with van der Waals surface area (Å²) in [7, 11) is 0. The van der Waals surface area contributed by atoms with Gasteiger partial charge in [-0.3, -0.25) is 9.59 Å². The smallest absolute Gasteiger partial charge is 0.253 e. The van der Waals surface area contributed by atoms with Crippen molar-refractivity contribution in [3.05, 3.63) is 59.7 Å². The molecule has 2 aromatic carbocycles. The zero-order chi connectivity index (χ0) is 18.6. The third-order valence-corrected chi connectivity index (χ3v) is 5.17. The number of aryl methyl sites for hydroxylation is 1. The van der Waals surface area contributed by atoms with E-state index in [1.165, 1.54) is 5.56 Å². The highest BCUT2D eigenvalue weighted by Gasteiger charge is 2.28. The van der Waals surface area contributed by atoms with Crippen molar-refractivity contribution in [3.63, 3.8) is 0 Å². The molecule has 1 amide bonds. The van der Waals surface area contributed by atoms with E-state index in [1.807, 2.05) is 30.3 Å². The number of aromatic nitrogens is 2. The Balaban J connectivity index is 1.39. The molecule has 138 valence electrons. The van der Waals surface area contributed by atoms with Crippen molar-refractivity contribution >= 4 is 22.7 Å². The van der Waals surface area contributed by atoms with Crippen LogP contribution in [0.1, 0.15) is 35.2 Å². The van der Waals surface area contributed by atoms with Gasteiger partial charge in [-0.25, -0.2) is 4.63 Å². The summed E-state index contributed by atoms with van der Waals surface area (Å²) >= 11 is 0. The molecule has 1 aliphatic heterocycles. The molecule has 27 heavy (non-hydrogen) atoms. The van der Waals surface area contributed by atoms with Crippen molar-refractivity contribution in [3.8, 4) is 0 Å². The van der Waals surface area contributed by atoms with Crippen LogP contribution >= 0.6 is 0 Å². The van der Waals surface area contributed by atoms with Crippen molar-refractivity contribution in [2.24, 2.45) is 5.92 Å². The Labute approximate surface area is 157 Å². The minimum atomic E-state index is -0.0798. The molecule has 6 heteroatoms. The first-order valence-corrected chi connectivity index (χ1v) is 9.29. The number of carbonyl (C=O) groups is 2. The number of rotatable bonds is 5. The molecule has 4 rings (SSSR count). The molecule has 6 nitrogen and oxygen atoms in total. The molecule has 0 saturated carbocycles. The molecule has 1 atom stereocenters. The number of Topliss-reactive ketones (excluding diaryl/α,β-unsaturated/α-hetero) is 1. The molecular weight excluding hydrogens is 342 g/mol. The van der Waals surface area contributed by atoms with Crippen LogP contribution < -0.4 is 0 Å². The number of piperidine rings is 1. The first-order chi connectivity index (χ1) is 13.2. The number of ketones is 1. The minimum Gasteiger partial charge on any atom is -0.338 e. The maximum absolute atomic E-state index is 12.8. The Morgan fingerprint density at radius 1 is 1.07 bits per heavy atom. The number of carbonyl (C=O) groups excluding carboxylic acids is 2. The van der Waals surface area contributed by atoms with E-state index in [-0.39, 0.29) is 17.6 Å². The van der Waals surface area contributed by atoms with Gasteiger partial charge in [-0.15, -0.1) is 0 Å². The van der Waals surface area contributed by atoms with Gasteiger partial charge in [0.15, 0.2) is 0 Å². The highest BCUT2D eigenvalue weighted by molar-refractivity contribution is 5.97. The largest absolute Gasteiger partial charge is 0.338 e. The van der Waals surface area contributed by atoms with E-state index in [0.717, 1.165) is 19.3 Å². The van der Waals surface area contributed by atoms with Gasteiger partial charge < -0.3 is 4.90 Å². The van der Waals surface area contributed by atoms with Crippen LogP contribution in [-0.4, -0.2) is 40.0 Å². The molecule has 0 bridgehead atoms. The summed E-state index contributed by atoms with van der Waals surface area (Å²) in [5.41, 5.74) is 2.91. The van der Waals surface area contributed by atoms with E-state index in [2.05, 4.69) is 14.9 Å². The lowest BCUT2D eigenvalue weighted by molar-refractivity contribution is -0.124. The second-order valence-corrected chi connectivity index (χ2v) is 7.01. The number of hydrogen-bond donors (Lipinski definition) is 0. The summed E-state index contributed by atoms with van der Waals surface area (Å²) < 4.78 is 4.69. The Hall–Kier alpha value is -3.02. The summed E-state index contributed by atoms with van der Waals surface area (Å²) in [5, 5.41) is 7.55. The Morgan fingerprint density at radius 3 is 2.74 bits per heavy atom. The summed E-state index contributed by atoms with van der Waals surface area (Å²) in [6.07, 6.45) is 2.97. The summed E-state index contributed by atoms with van der Waals surface area (Å²) in [5.74, 6) is 0.0943. The lowest BCUT2D eigenvalue weighted by Crippen LogP contribution is -2.42. The number of nitrogens with zero attached hydrogens (tertiary/aromatic N) is 3. The Bertz CT molecular complexity index is 951. The van der Waals surface area contributed by atoms with Gasteiger partial charge in [0.2, 0.25) is 0 Å². The van der Waals surface area contributed by atoms with Gasteiger partial charge in [-0.2, -0.15) is 0 Å². The van der Waals surface area contributed by atoms with Crippen molar-refractivity contribution < 1.29 is 14.2 Å². The van der Waals surface area contributed by atoms with Crippen molar-refractivity contribution in [1.82, 2.24) is 15.2 Å². The Kier molecular flexibility index (Phi) is 4.96. The van der Waals surface area contributed by atoms with Crippen LogP contribution in [0.3, 0.4) is 0 Å². The van der Waals surface area contributed by atoms with E-state index in [0.29, 0.717) is 36.1 Å². The average Bonchev–Trinajstić information content (AvgIpc) is 3.20. The molecule has 0 aliphatic carbocycles. The quantitative estimate of drug-likeness (QED) is 0.695. The highest BCUT2D eigenvalue weighted by atomic mass is 16.6. The monoisotopic (exact) mass is 363 g/mol. The molecule has 1 saturated heterocycles. The molecular formula is C21H21N3O3. The van der Waals surface area contributed by atoms with Crippen LogP contribution in [0.2, 0.25) is 0 Å². The van der Waals surface area contributed by atoms with Crippen molar-refractivity contribution in [2.45, 2.75) is 25.7 Å². The molecule has 1 aromatic heterocycles. The summed E-state index contributed by atoms with van der Waals surface area (Å²) in [6, 6.07) is 15.2. The van der Waals surface area contributed by atoms with Gasteiger partial charge in [-0.1, -0.05) is 30.3 Å². The first-order valence-electron chi connectivity index (χ1n) is 9.29. The van der Waals surface area contributed by atoms with E-state index in [4.69, 9.17) is 0 Å². The predicted octanol–water partition coefficient (Wildman–Crippen LogP) is 3.28. The lowest BCUT2D eigenvalue weighted by Gasteiger charge is -2.32. The lowest BCUT2D eigenvalue weighted by atomic mass is 9.90. The maximum atomic E-state index is 12.8. The van der Waals surface area contributed by atoms with Gasteiger partial charge >= 0.3 is 0 Å². The van der Waals surface area contributed by atoms with Gasteiger partial charge in [0.25, 0.3) is 5.91 Å². The predicted molar refractivity (Wildman–Crippen MR) is 100 cm³/mol. The third-order valence-electron chi connectivity index (χ3n) is 5.17. The number of fused-ring (bicyclic) bond motifs is 1. The maximum Gasteiger partial charge on any atom is 0.253 e. The topological polar surface area (TPSA) is 76.3 Å². The van der Waals surface area contributed by atoms with Crippen LogP contribution in [0.25, 0.3) is 11.0 Å². The fourth-order valence-corrected chi connectivity index (χ4v) is 3.64. The van der Waals surface area contributed by atoms with Crippen LogP contribution in [0.4, 0.5) is 0 Å². The number of likely N-dealkylation sites (tertiary alicyclic amines) is 1. The minimum absolute atomic E-state index is 0.0690. The van der Waals surface area contributed by atoms with E-state index in [9.17, 15) is 9.59 Å². The van der Waals surface area contributed by atoms with E-state index < -0.39 is 0 Å². The fourth-order valence-electron chi connectivity index (χ4n) is 3.64. The molecule has 0 unspecified atom stereocenters. The molecule has 1 fully saturated rings. The van der Waals surface area contributed by atoms with Crippen LogP contribution in [0, 0.1) is 5.92 Å². The molecule has 3 aromatic rings. The highest BCUT2D eigenvalue weighted by Crippen LogP contribution is 2.22. The van der Waals surface area contributed by atoms with Crippen LogP contribution in [0.5, 0.6) is 0 Å². The van der Waals surface area contributed by atoms with Gasteiger partial charge in [-0.05, 0) is 53.3 Å². The number of benzene rings is 2. The first kappa shape index (κ1) is 17.4. The van der Waals surface area contributed by atoms with Crippen LogP contribution in [0.15, 0.2) is 53.2 Å². The zero-order valence-electron chi connectivity index (χ0n) is 15.0. The molecule has 1 aliphatic rings. The molecule has 2 heterocycles. The van der Waals surface area contributed by atoms with Gasteiger partial charge in [0.1, 0.15) is 16.8 Å². The Morgan fingerprint density at radius 2 is 1.89 bits per heavy atom. The van der Waals surface area contributed by atoms with Crippen LogP contribution in [-0.2, 0) is 11.2 Å². The van der Waals surface area contributed by atoms with E-state index in [1.54, 1.807) is 23.1 Å². The van der Waals surface area contributed by atoms with Gasteiger partial charge in [0.05, 0.1) is 0 Å². The summed E-state index contributed by atoms with van der Waals surface area (Å²) in [4.78, 5) is 27.3. The fraction of sp³-hybridized carbons (Fsp3) is 0.333. The zero-order valence-corrected chi connectivity index (χ0v) is 15.0. The molecule has 0 radical (unpaired) electrons. The second kappa shape index (κ2) is 7.70. The SMILES string of the molecule is O=C(CCc1ccccc1)[C@H]1CCCN(C(=O)c2ccc3nonc3c2)C1. The van der Waals surface area contributed by atoms with Crippen molar-refractivity contribution in [1.29, 1.82) is 0 Å². The standard InChI is InChI=1S/C21H21N3O3/c25-20(11-8-15-5-2-1-3-6-15)17-7-4-12-24(14-17)21(26)16-9-10-18-19(13-16)23-27-22-18/h1-3,5-6,9-10,13,17H,4,7-8,11-12,14H2/t17-/m0/s1.